The van der Waals surface area contributed by atoms with Gasteiger partial charge >= 0.3 is 0 Å². The predicted molar refractivity (Wildman–Crippen MR) is 212 cm³/mol. The minimum atomic E-state index is -1.59. The van der Waals surface area contributed by atoms with Crippen LogP contribution in [-0.4, -0.2) is 195 Å². The molecule has 0 unspecified atom stereocenters. The number of aliphatic hydroxyl groups excluding tert-OH is 6. The Kier molecular flexibility index (Phi) is 23.0. The zero-order valence-electron chi connectivity index (χ0n) is 31.4. The van der Waals surface area contributed by atoms with E-state index in [1.807, 2.05) is 6.26 Å². The number of hydrogen-bond donors (Lipinski definition) is 10. The first kappa shape index (κ1) is 48.2. The number of aliphatic hydroxyl groups is 6. The molecule has 0 saturated carbocycles. The number of aromatic nitrogens is 1. The monoisotopic (exact) mass is 852 g/mol. The summed E-state index contributed by atoms with van der Waals surface area (Å²) in [6.07, 6.45) is -8.31. The Morgan fingerprint density at radius 1 is 0.857 bits per heavy atom. The van der Waals surface area contributed by atoms with E-state index in [0.717, 1.165) is 5.75 Å². The highest BCUT2D eigenvalue weighted by Crippen LogP contribution is 2.27. The maximum atomic E-state index is 12.3. The van der Waals surface area contributed by atoms with Gasteiger partial charge in [0.25, 0.3) is 5.91 Å². The van der Waals surface area contributed by atoms with E-state index in [0.29, 0.717) is 59.6 Å². The number of ether oxygens (including phenoxy) is 5. The van der Waals surface area contributed by atoms with Gasteiger partial charge in [-0.2, -0.15) is 40.4 Å². The molecule has 19 nitrogen and oxygen atoms in total. The van der Waals surface area contributed by atoms with Crippen LogP contribution in [-0.2, 0) is 28.5 Å². The Bertz CT molecular complexity index is 1350. The van der Waals surface area contributed by atoms with Crippen LogP contribution >= 0.6 is 35.3 Å². The lowest BCUT2D eigenvalue weighted by atomic mass is 9.98. The molecule has 2 aliphatic heterocycles. The van der Waals surface area contributed by atoms with Gasteiger partial charge in [-0.05, 0) is 31.7 Å². The predicted octanol–water partition coefficient (Wildman–Crippen LogP) is -1.86. The second-order valence-electron chi connectivity index (χ2n) is 12.7. The number of pyridine rings is 1. The van der Waals surface area contributed by atoms with E-state index in [1.165, 1.54) is 24.2 Å². The van der Waals surface area contributed by atoms with Gasteiger partial charge in [-0.1, -0.05) is 0 Å². The fraction of sp³-hybridized carbons (Fsp3) is 0.735. The molecule has 2 saturated heterocycles. The van der Waals surface area contributed by atoms with Crippen molar-refractivity contribution in [3.05, 3.63) is 30.1 Å². The smallest absolute Gasteiger partial charge is 0.271 e. The second-order valence-corrected chi connectivity index (χ2v) is 16.0. The number of amides is 2. The Labute approximate surface area is 338 Å². The van der Waals surface area contributed by atoms with Gasteiger partial charge in [-0.15, -0.1) is 0 Å². The quantitative estimate of drug-likeness (QED) is 0.0224. The molecule has 10 N–H and O–H groups in total. The van der Waals surface area contributed by atoms with E-state index in [4.69, 9.17) is 29.1 Å². The van der Waals surface area contributed by atoms with Crippen LogP contribution in [0.15, 0.2) is 29.6 Å². The van der Waals surface area contributed by atoms with Crippen molar-refractivity contribution in [3.63, 3.8) is 0 Å². The lowest BCUT2D eigenvalue weighted by Gasteiger charge is -2.43. The zero-order valence-corrected chi connectivity index (χ0v) is 33.9. The topological polar surface area (TPSA) is 287 Å². The summed E-state index contributed by atoms with van der Waals surface area (Å²) in [6.45, 7) is 1.93. The zero-order chi connectivity index (χ0) is 40.9. The second kappa shape index (κ2) is 26.8. The molecule has 56 heavy (non-hydrogen) atoms. The van der Waals surface area contributed by atoms with Crippen LogP contribution in [0.25, 0.3) is 0 Å². The van der Waals surface area contributed by atoms with E-state index < -0.39 is 74.6 Å². The maximum Gasteiger partial charge on any atom is 0.271 e. The van der Waals surface area contributed by atoms with Gasteiger partial charge in [-0.3, -0.25) is 20.0 Å². The van der Waals surface area contributed by atoms with Crippen molar-refractivity contribution in [1.82, 2.24) is 21.0 Å². The third-order valence-corrected chi connectivity index (χ3v) is 10.9. The van der Waals surface area contributed by atoms with Gasteiger partial charge in [0.2, 0.25) is 5.91 Å². The van der Waals surface area contributed by atoms with Crippen molar-refractivity contribution in [2.45, 2.75) is 81.2 Å². The summed E-state index contributed by atoms with van der Waals surface area (Å²) in [5, 5.41) is 80.5. The summed E-state index contributed by atoms with van der Waals surface area (Å²) in [6, 6.07) is 3.13. The number of carbonyl (C=O) groups is 2. The van der Waals surface area contributed by atoms with Crippen molar-refractivity contribution in [2.75, 3.05) is 74.5 Å². The van der Waals surface area contributed by atoms with Crippen LogP contribution in [0.5, 0.6) is 0 Å². The van der Waals surface area contributed by atoms with Gasteiger partial charge in [-0.25, -0.2) is 5.43 Å². The van der Waals surface area contributed by atoms with E-state index in [2.05, 4.69) is 26.1 Å². The summed E-state index contributed by atoms with van der Waals surface area (Å²) < 4.78 is 28.4. The van der Waals surface area contributed by atoms with Gasteiger partial charge in [0.1, 0.15) is 54.7 Å². The number of hydrogen-bond acceptors (Lipinski definition) is 19. The van der Waals surface area contributed by atoms with Crippen LogP contribution in [0.4, 0.5) is 0 Å². The molecule has 2 amide bonds. The Morgan fingerprint density at radius 2 is 1.48 bits per heavy atom. The number of amidine groups is 1. The normalized spacial score (nSPS) is 28.1. The molecule has 2 fully saturated rings. The first-order chi connectivity index (χ1) is 27.0. The molecule has 10 atom stereocenters. The SMILES string of the molecule is CSCC(=N)NCCSCCO[C@@H]1[C@@H](O)[C@H](O)[C@@H](CO[C@H]2O[C@H](CO)[C@@H](O)[C@H](O)[C@H]2OCCSCCNC(=O)CC/C(C)=N/NC(=O)c2ccncc2)O[C@@H]1O. The Morgan fingerprint density at radius 3 is 2.14 bits per heavy atom. The van der Waals surface area contributed by atoms with Crippen molar-refractivity contribution in [3.8, 4) is 0 Å². The summed E-state index contributed by atoms with van der Waals surface area (Å²) in [5.41, 5.74) is 3.45. The summed E-state index contributed by atoms with van der Waals surface area (Å²) in [4.78, 5) is 28.2. The average Bonchev–Trinajstić information content (AvgIpc) is 3.19. The molecular formula is C34H56N6O13S3. The molecule has 0 spiro atoms. The Balaban J connectivity index is 1.35. The van der Waals surface area contributed by atoms with Crippen LogP contribution in [0, 0.1) is 5.41 Å². The number of nitrogens with one attached hydrogen (secondary N) is 4. The summed E-state index contributed by atoms with van der Waals surface area (Å²) in [7, 11) is 0. The molecule has 0 aromatic carbocycles. The molecule has 0 aliphatic carbocycles. The molecule has 1 aromatic rings. The first-order valence-corrected chi connectivity index (χ1v) is 21.8. The van der Waals surface area contributed by atoms with E-state index in [9.17, 15) is 40.2 Å². The van der Waals surface area contributed by atoms with Gasteiger partial charge in [0.15, 0.2) is 12.6 Å². The fourth-order valence-electron chi connectivity index (χ4n) is 5.37. The van der Waals surface area contributed by atoms with E-state index in [1.54, 1.807) is 42.6 Å². The maximum absolute atomic E-state index is 12.3. The van der Waals surface area contributed by atoms with Gasteiger partial charge in [0.05, 0.1) is 32.2 Å². The molecule has 0 radical (unpaired) electrons. The van der Waals surface area contributed by atoms with Gasteiger partial charge in [0, 0.05) is 66.2 Å². The third kappa shape index (κ3) is 16.6. The highest BCUT2D eigenvalue weighted by atomic mass is 32.2. The van der Waals surface area contributed by atoms with E-state index in [-0.39, 0.29) is 31.4 Å². The highest BCUT2D eigenvalue weighted by molar-refractivity contribution is 7.99. The fourth-order valence-corrected chi connectivity index (χ4v) is 7.09. The molecule has 3 heterocycles. The van der Waals surface area contributed by atoms with E-state index >= 15 is 0 Å². The van der Waals surface area contributed by atoms with Crippen molar-refractivity contribution < 1.29 is 63.9 Å². The number of rotatable bonds is 25. The van der Waals surface area contributed by atoms with Crippen molar-refractivity contribution in [2.24, 2.45) is 5.10 Å². The molecule has 2 aliphatic rings. The molecule has 3 rings (SSSR count). The first-order valence-electron chi connectivity index (χ1n) is 18.1. The number of hydrazone groups is 1. The Hall–Kier alpha value is -2.16. The lowest BCUT2D eigenvalue weighted by molar-refractivity contribution is -0.332. The molecule has 0 bridgehead atoms. The lowest BCUT2D eigenvalue weighted by Crippen LogP contribution is -2.62. The third-order valence-electron chi connectivity index (χ3n) is 8.43. The largest absolute Gasteiger partial charge is 0.394 e. The summed E-state index contributed by atoms with van der Waals surface area (Å²) in [5.74, 6) is 2.77. The molecular weight excluding hydrogens is 797 g/mol. The van der Waals surface area contributed by atoms with Gasteiger partial charge < -0.3 is 65.0 Å². The van der Waals surface area contributed by atoms with Crippen LogP contribution in [0.2, 0.25) is 0 Å². The molecule has 1 aromatic heterocycles. The highest BCUT2D eigenvalue weighted by Gasteiger charge is 2.48. The molecule has 22 heteroatoms. The van der Waals surface area contributed by atoms with Crippen LogP contribution in [0.3, 0.4) is 0 Å². The number of nitrogens with zero attached hydrogens (tertiary/aromatic N) is 2. The number of carbonyl (C=O) groups excluding carboxylic acids is 2. The minimum Gasteiger partial charge on any atom is -0.394 e. The standard InChI is InChI=1S/C34H56N6O13S3/c1-20(39-40-32(47)21-5-7-36-8-6-21)3-4-25(42)38-10-14-56-16-12-50-31-29(46)26(43)22(17-41)53-34(31)51-18-23-27(44)28(45)30(33(48)52-23)49-11-15-55-13-9-37-24(35)19-54-2/h5-8,22-23,26-31,33-34,41,43-46,48H,3-4,9-19H2,1-2H3,(H2,35,37)(H,38,42)(H,40,47)/b39-20+/t22-,23-,26-,27-,28+,29+,30-,31-,33+,34+/m1/s1. The van der Waals surface area contributed by atoms with Crippen molar-refractivity contribution in [1.29, 1.82) is 5.41 Å². The minimum absolute atomic E-state index is 0.0937. The summed E-state index contributed by atoms with van der Waals surface area (Å²) >= 11 is 4.58. The number of thioether (sulfide) groups is 3. The molecule has 318 valence electrons. The van der Waals surface area contributed by atoms with Crippen molar-refractivity contribution >= 4 is 58.6 Å². The van der Waals surface area contributed by atoms with Crippen LogP contribution in [0.1, 0.15) is 30.1 Å². The average molecular weight is 853 g/mol. The van der Waals surface area contributed by atoms with Crippen LogP contribution < -0.4 is 16.1 Å².